The maximum Gasteiger partial charge on any atom is 0.273 e. The molecule has 0 atom stereocenters. The molecule has 170 valence electrons. The van der Waals surface area contributed by atoms with Crippen LogP contribution in [0.1, 0.15) is 21.7 Å². The van der Waals surface area contributed by atoms with Gasteiger partial charge < -0.3 is 24.1 Å². The van der Waals surface area contributed by atoms with Crippen LogP contribution in [0.25, 0.3) is 11.3 Å². The van der Waals surface area contributed by atoms with Crippen LogP contribution in [-0.2, 0) is 13.1 Å². The molecule has 10 heteroatoms. The van der Waals surface area contributed by atoms with Crippen LogP contribution in [0.2, 0.25) is 0 Å². The highest BCUT2D eigenvalue weighted by atomic mass is 16.5. The molecule has 0 aliphatic heterocycles. The zero-order chi connectivity index (χ0) is 23.2. The van der Waals surface area contributed by atoms with Crippen molar-refractivity contribution in [2.45, 2.75) is 13.1 Å². The number of amides is 1. The third kappa shape index (κ3) is 5.12. The number of hydrogen-bond donors (Lipinski definition) is 1. The topological polar surface area (TPSA) is 114 Å². The van der Waals surface area contributed by atoms with E-state index in [0.717, 1.165) is 11.3 Å². The molecule has 0 saturated carbocycles. The normalized spacial score (nSPS) is 10.6. The van der Waals surface area contributed by atoms with Gasteiger partial charge in [0, 0.05) is 11.6 Å². The quantitative estimate of drug-likeness (QED) is 0.415. The van der Waals surface area contributed by atoms with E-state index in [9.17, 15) is 4.79 Å². The van der Waals surface area contributed by atoms with E-state index in [2.05, 4.69) is 20.8 Å². The maximum atomic E-state index is 12.5. The fourth-order valence-corrected chi connectivity index (χ4v) is 3.18. The largest absolute Gasteiger partial charge is 0.497 e. The summed E-state index contributed by atoms with van der Waals surface area (Å²) >= 11 is 0. The minimum absolute atomic E-state index is 0.158. The molecule has 4 rings (SSSR count). The first-order valence-electron chi connectivity index (χ1n) is 10.1. The summed E-state index contributed by atoms with van der Waals surface area (Å²) in [5.74, 6) is 2.00. The highest BCUT2D eigenvalue weighted by molar-refractivity contribution is 5.93. The second kappa shape index (κ2) is 9.86. The number of methoxy groups -OCH3 is 3. The van der Waals surface area contributed by atoms with Gasteiger partial charge in [-0.15, -0.1) is 5.10 Å². The molecule has 2 heterocycles. The Morgan fingerprint density at radius 2 is 1.79 bits per heavy atom. The summed E-state index contributed by atoms with van der Waals surface area (Å²) in [6, 6.07) is 14.6. The summed E-state index contributed by atoms with van der Waals surface area (Å²) in [5, 5.41) is 14.9. The number of carbonyl (C=O) groups is 1. The van der Waals surface area contributed by atoms with Gasteiger partial charge in [-0.2, -0.15) is 0 Å². The van der Waals surface area contributed by atoms with Gasteiger partial charge in [0.25, 0.3) is 5.91 Å². The molecule has 0 spiro atoms. The maximum absolute atomic E-state index is 12.5. The molecule has 1 amide bonds. The van der Waals surface area contributed by atoms with Gasteiger partial charge in [-0.05, 0) is 35.9 Å². The van der Waals surface area contributed by atoms with Crippen LogP contribution >= 0.6 is 0 Å². The molecule has 2 aromatic heterocycles. The molecule has 0 aliphatic carbocycles. The number of nitrogens with one attached hydrogen (secondary N) is 1. The third-order valence-electron chi connectivity index (χ3n) is 4.93. The highest BCUT2D eigenvalue weighted by Gasteiger charge is 2.16. The molecule has 1 N–H and O–H groups in total. The van der Waals surface area contributed by atoms with Gasteiger partial charge in [0.2, 0.25) is 0 Å². The van der Waals surface area contributed by atoms with Gasteiger partial charge in [0.15, 0.2) is 23.0 Å². The van der Waals surface area contributed by atoms with Crippen molar-refractivity contribution in [3.05, 3.63) is 71.7 Å². The number of nitrogens with zero attached hydrogens (tertiary/aromatic N) is 4. The Hall–Kier alpha value is -4.34. The molecule has 2 aromatic carbocycles. The van der Waals surface area contributed by atoms with Crippen LogP contribution in [0, 0.1) is 0 Å². The summed E-state index contributed by atoms with van der Waals surface area (Å²) < 4.78 is 22.7. The van der Waals surface area contributed by atoms with Gasteiger partial charge in [-0.1, -0.05) is 22.5 Å². The van der Waals surface area contributed by atoms with Crippen molar-refractivity contribution in [1.82, 2.24) is 25.5 Å². The Balaban J connectivity index is 1.35. The Kier molecular flexibility index (Phi) is 6.53. The summed E-state index contributed by atoms with van der Waals surface area (Å²) in [7, 11) is 4.74. The lowest BCUT2D eigenvalue weighted by molar-refractivity contribution is 0.0941. The van der Waals surface area contributed by atoms with Gasteiger partial charge in [-0.25, -0.2) is 4.68 Å². The Morgan fingerprint density at radius 3 is 2.52 bits per heavy atom. The van der Waals surface area contributed by atoms with E-state index < -0.39 is 0 Å². The zero-order valence-corrected chi connectivity index (χ0v) is 18.4. The lowest BCUT2D eigenvalue weighted by atomic mass is 10.1. The monoisotopic (exact) mass is 449 g/mol. The summed E-state index contributed by atoms with van der Waals surface area (Å²) in [6.07, 6.45) is 1.78. The van der Waals surface area contributed by atoms with Crippen molar-refractivity contribution < 1.29 is 23.5 Å². The second-order valence-electron chi connectivity index (χ2n) is 7.08. The Morgan fingerprint density at radius 1 is 1.00 bits per heavy atom. The van der Waals surface area contributed by atoms with Gasteiger partial charge in [0.05, 0.1) is 40.6 Å². The highest BCUT2D eigenvalue weighted by Crippen LogP contribution is 2.32. The average Bonchev–Trinajstić information content (AvgIpc) is 3.52. The minimum Gasteiger partial charge on any atom is -0.497 e. The first-order valence-corrected chi connectivity index (χ1v) is 10.1. The number of hydrogen-bond acceptors (Lipinski definition) is 8. The van der Waals surface area contributed by atoms with Crippen molar-refractivity contribution in [3.8, 4) is 28.6 Å². The van der Waals surface area contributed by atoms with Crippen LogP contribution < -0.4 is 19.5 Å². The van der Waals surface area contributed by atoms with Crippen LogP contribution in [0.5, 0.6) is 17.2 Å². The van der Waals surface area contributed by atoms with E-state index in [0.29, 0.717) is 35.1 Å². The standard InChI is InChI=1S/C23H23N5O5/c1-30-18-7-4-15(5-8-18)13-28-14-17(25-27-28)12-24-23(29)19-11-21(33-26-19)16-6-9-20(31-2)22(10-16)32-3/h4-11,14H,12-13H2,1-3H3,(H,24,29). The molecule has 33 heavy (non-hydrogen) atoms. The van der Waals surface area contributed by atoms with E-state index in [1.165, 1.54) is 0 Å². The molecular formula is C23H23N5O5. The van der Waals surface area contributed by atoms with Crippen molar-refractivity contribution in [1.29, 1.82) is 0 Å². The Labute approximate surface area is 190 Å². The van der Waals surface area contributed by atoms with E-state index >= 15 is 0 Å². The molecule has 0 saturated heterocycles. The molecule has 0 radical (unpaired) electrons. The lowest BCUT2D eigenvalue weighted by Gasteiger charge is -2.07. The van der Waals surface area contributed by atoms with Crippen LogP contribution in [0.3, 0.4) is 0 Å². The Bertz CT molecular complexity index is 1230. The second-order valence-corrected chi connectivity index (χ2v) is 7.08. The fraction of sp³-hybridized carbons (Fsp3) is 0.217. The lowest BCUT2D eigenvalue weighted by Crippen LogP contribution is -2.23. The predicted octanol–water partition coefficient (Wildman–Crippen LogP) is 2.94. The average molecular weight is 449 g/mol. The van der Waals surface area contributed by atoms with E-state index in [-0.39, 0.29) is 18.1 Å². The molecule has 10 nitrogen and oxygen atoms in total. The van der Waals surface area contributed by atoms with Crippen molar-refractivity contribution >= 4 is 5.91 Å². The third-order valence-corrected chi connectivity index (χ3v) is 4.93. The number of rotatable bonds is 9. The van der Waals surface area contributed by atoms with E-state index in [1.807, 2.05) is 24.3 Å². The van der Waals surface area contributed by atoms with E-state index in [1.54, 1.807) is 56.5 Å². The molecule has 0 fully saturated rings. The molecule has 0 aliphatic rings. The smallest absolute Gasteiger partial charge is 0.273 e. The first-order chi connectivity index (χ1) is 16.1. The number of ether oxygens (including phenoxy) is 3. The number of carbonyl (C=O) groups excluding carboxylic acids is 1. The summed E-state index contributed by atoms with van der Waals surface area (Å²) in [5.41, 5.74) is 2.55. The van der Waals surface area contributed by atoms with Crippen LogP contribution in [0.4, 0.5) is 0 Å². The van der Waals surface area contributed by atoms with Gasteiger partial charge >= 0.3 is 0 Å². The predicted molar refractivity (Wildman–Crippen MR) is 118 cm³/mol. The number of benzene rings is 2. The van der Waals surface area contributed by atoms with E-state index in [4.69, 9.17) is 18.7 Å². The fourth-order valence-electron chi connectivity index (χ4n) is 3.18. The number of aromatic nitrogens is 4. The zero-order valence-electron chi connectivity index (χ0n) is 18.4. The van der Waals surface area contributed by atoms with Gasteiger partial charge in [0.1, 0.15) is 11.4 Å². The van der Waals surface area contributed by atoms with Crippen LogP contribution in [0.15, 0.2) is 59.3 Å². The molecule has 4 aromatic rings. The molecule has 0 unspecified atom stereocenters. The van der Waals surface area contributed by atoms with Gasteiger partial charge in [-0.3, -0.25) is 4.79 Å². The molecular weight excluding hydrogens is 426 g/mol. The summed E-state index contributed by atoms with van der Waals surface area (Å²) in [6.45, 7) is 0.767. The van der Waals surface area contributed by atoms with Crippen molar-refractivity contribution in [2.24, 2.45) is 0 Å². The molecule has 0 bridgehead atoms. The SMILES string of the molecule is COc1ccc(Cn2cc(CNC(=O)c3cc(-c4ccc(OC)c(OC)c4)on3)nn2)cc1. The summed E-state index contributed by atoms with van der Waals surface area (Å²) in [4.78, 5) is 12.5. The van der Waals surface area contributed by atoms with Crippen molar-refractivity contribution in [2.75, 3.05) is 21.3 Å². The van der Waals surface area contributed by atoms with Crippen LogP contribution in [-0.4, -0.2) is 47.4 Å². The minimum atomic E-state index is -0.379. The first kappa shape index (κ1) is 21.9. The van der Waals surface area contributed by atoms with Crippen molar-refractivity contribution in [3.63, 3.8) is 0 Å².